The predicted molar refractivity (Wildman–Crippen MR) is 85.8 cm³/mol. The molecule has 1 nitrogen and oxygen atoms in total. The fourth-order valence-corrected chi connectivity index (χ4v) is 3.04. The third kappa shape index (κ3) is 2.55. The van der Waals surface area contributed by atoms with Crippen molar-refractivity contribution in [2.45, 2.75) is 37.7 Å². The van der Waals surface area contributed by atoms with E-state index < -0.39 is 5.60 Å². The SMILES string of the molecule is CC(O)(c1ccc(Br)cc1)c1cccc(C2CCC2)c1. The van der Waals surface area contributed by atoms with Crippen LogP contribution in [0.3, 0.4) is 0 Å². The summed E-state index contributed by atoms with van der Waals surface area (Å²) in [6, 6.07) is 16.3. The summed E-state index contributed by atoms with van der Waals surface area (Å²) in [6.45, 7) is 1.87. The van der Waals surface area contributed by atoms with Gasteiger partial charge in [-0.2, -0.15) is 0 Å². The number of hydrogen-bond donors (Lipinski definition) is 1. The summed E-state index contributed by atoms with van der Waals surface area (Å²) < 4.78 is 1.03. The molecule has 2 aromatic rings. The maximum absolute atomic E-state index is 10.9. The van der Waals surface area contributed by atoms with Gasteiger partial charge in [-0.25, -0.2) is 0 Å². The van der Waals surface area contributed by atoms with Gasteiger partial charge in [0.25, 0.3) is 0 Å². The van der Waals surface area contributed by atoms with Gasteiger partial charge in [0.1, 0.15) is 5.60 Å². The molecule has 0 aromatic heterocycles. The Balaban J connectivity index is 1.95. The topological polar surface area (TPSA) is 20.2 Å². The highest BCUT2D eigenvalue weighted by Gasteiger charge is 2.27. The van der Waals surface area contributed by atoms with E-state index in [2.05, 4.69) is 34.1 Å². The molecule has 1 fully saturated rings. The van der Waals surface area contributed by atoms with Gasteiger partial charge >= 0.3 is 0 Å². The maximum atomic E-state index is 10.9. The molecule has 1 aliphatic rings. The first-order chi connectivity index (χ1) is 9.57. The first-order valence-corrected chi connectivity index (χ1v) is 7.95. The van der Waals surface area contributed by atoms with Crippen LogP contribution >= 0.6 is 15.9 Å². The second-order valence-electron chi connectivity index (χ2n) is 5.83. The zero-order valence-corrected chi connectivity index (χ0v) is 13.2. The highest BCUT2D eigenvalue weighted by atomic mass is 79.9. The lowest BCUT2D eigenvalue weighted by Gasteiger charge is -2.29. The minimum atomic E-state index is -0.944. The van der Waals surface area contributed by atoms with Crippen LogP contribution in [-0.2, 0) is 5.60 Å². The van der Waals surface area contributed by atoms with Crippen molar-refractivity contribution in [3.8, 4) is 0 Å². The molecular formula is C18H19BrO. The Kier molecular flexibility index (Phi) is 3.70. The van der Waals surface area contributed by atoms with Crippen molar-refractivity contribution < 1.29 is 5.11 Å². The van der Waals surface area contributed by atoms with Gasteiger partial charge in [0, 0.05) is 4.47 Å². The predicted octanol–water partition coefficient (Wildman–Crippen LogP) is 4.97. The van der Waals surface area contributed by atoms with Gasteiger partial charge in [-0.05, 0) is 54.5 Å². The third-order valence-electron chi connectivity index (χ3n) is 4.43. The summed E-state index contributed by atoms with van der Waals surface area (Å²) in [5, 5.41) is 10.9. The molecule has 0 aliphatic heterocycles. The second kappa shape index (κ2) is 5.34. The lowest BCUT2D eigenvalue weighted by molar-refractivity contribution is 0.102. The number of halogens is 1. The average Bonchev–Trinajstić information content (AvgIpc) is 2.37. The van der Waals surface area contributed by atoms with Gasteiger partial charge in [0.15, 0.2) is 0 Å². The van der Waals surface area contributed by atoms with Crippen molar-refractivity contribution in [2.75, 3.05) is 0 Å². The Morgan fingerprint density at radius 1 is 1.05 bits per heavy atom. The standard InChI is InChI=1S/C18H19BrO/c1-18(20,15-8-10-17(19)11-9-15)16-7-3-6-14(12-16)13-4-2-5-13/h3,6-13,20H,2,4-5H2,1H3. The number of rotatable bonds is 3. The van der Waals surface area contributed by atoms with Crippen molar-refractivity contribution >= 4 is 15.9 Å². The van der Waals surface area contributed by atoms with E-state index >= 15 is 0 Å². The molecule has 0 radical (unpaired) electrons. The van der Waals surface area contributed by atoms with Gasteiger partial charge in [0.05, 0.1) is 0 Å². The van der Waals surface area contributed by atoms with Crippen LogP contribution in [0.15, 0.2) is 53.0 Å². The maximum Gasteiger partial charge on any atom is 0.112 e. The number of benzene rings is 2. The van der Waals surface area contributed by atoms with E-state index in [1.165, 1.54) is 24.8 Å². The Morgan fingerprint density at radius 2 is 1.75 bits per heavy atom. The molecule has 20 heavy (non-hydrogen) atoms. The Morgan fingerprint density at radius 3 is 2.35 bits per heavy atom. The Hall–Kier alpha value is -1.12. The van der Waals surface area contributed by atoms with Crippen LogP contribution in [-0.4, -0.2) is 5.11 Å². The largest absolute Gasteiger partial charge is 0.381 e. The monoisotopic (exact) mass is 330 g/mol. The van der Waals surface area contributed by atoms with E-state index in [0.29, 0.717) is 5.92 Å². The summed E-state index contributed by atoms with van der Waals surface area (Å²) >= 11 is 3.43. The molecule has 0 saturated heterocycles. The normalized spacial score (nSPS) is 18.4. The summed E-state index contributed by atoms with van der Waals surface area (Å²) in [5.41, 5.74) is 2.32. The molecular weight excluding hydrogens is 312 g/mol. The molecule has 1 unspecified atom stereocenters. The van der Waals surface area contributed by atoms with Crippen molar-refractivity contribution in [1.29, 1.82) is 0 Å². The first-order valence-electron chi connectivity index (χ1n) is 7.16. The molecule has 1 saturated carbocycles. The Labute approximate surface area is 128 Å². The molecule has 1 N–H and O–H groups in total. The smallest absolute Gasteiger partial charge is 0.112 e. The zero-order chi connectivity index (χ0) is 14.2. The molecule has 2 heteroatoms. The van der Waals surface area contributed by atoms with Crippen LogP contribution < -0.4 is 0 Å². The minimum absolute atomic E-state index is 0.690. The summed E-state index contributed by atoms with van der Waals surface area (Å²) in [6.07, 6.45) is 3.89. The Bertz CT molecular complexity index is 597. The molecule has 1 aliphatic carbocycles. The average molecular weight is 331 g/mol. The van der Waals surface area contributed by atoms with E-state index in [0.717, 1.165) is 15.6 Å². The van der Waals surface area contributed by atoms with E-state index in [1.807, 2.05) is 37.3 Å². The quantitative estimate of drug-likeness (QED) is 0.842. The van der Waals surface area contributed by atoms with Crippen LogP contribution in [0.25, 0.3) is 0 Å². The van der Waals surface area contributed by atoms with Gasteiger partial charge < -0.3 is 5.11 Å². The molecule has 0 spiro atoms. The minimum Gasteiger partial charge on any atom is -0.381 e. The number of aliphatic hydroxyl groups is 1. The summed E-state index contributed by atoms with van der Waals surface area (Å²) in [5.74, 6) is 0.690. The lowest BCUT2D eigenvalue weighted by Crippen LogP contribution is -2.23. The van der Waals surface area contributed by atoms with Crippen LogP contribution in [0.4, 0.5) is 0 Å². The van der Waals surface area contributed by atoms with Crippen LogP contribution in [0, 0.1) is 0 Å². The fourth-order valence-electron chi connectivity index (χ4n) is 2.78. The molecule has 1 atom stereocenters. The zero-order valence-electron chi connectivity index (χ0n) is 11.6. The lowest BCUT2D eigenvalue weighted by atomic mass is 9.78. The van der Waals surface area contributed by atoms with E-state index in [9.17, 15) is 5.11 Å². The van der Waals surface area contributed by atoms with Crippen LogP contribution in [0.2, 0.25) is 0 Å². The third-order valence-corrected chi connectivity index (χ3v) is 4.96. The summed E-state index contributed by atoms with van der Waals surface area (Å²) in [4.78, 5) is 0. The van der Waals surface area contributed by atoms with E-state index in [-0.39, 0.29) is 0 Å². The van der Waals surface area contributed by atoms with Gasteiger partial charge in [-0.1, -0.05) is 58.7 Å². The fraction of sp³-hybridized carbons (Fsp3) is 0.333. The van der Waals surface area contributed by atoms with Crippen molar-refractivity contribution in [3.05, 3.63) is 69.7 Å². The highest BCUT2D eigenvalue weighted by Crippen LogP contribution is 2.38. The number of hydrogen-bond acceptors (Lipinski definition) is 1. The molecule has 0 bridgehead atoms. The van der Waals surface area contributed by atoms with E-state index in [4.69, 9.17) is 0 Å². The van der Waals surface area contributed by atoms with E-state index in [1.54, 1.807) is 0 Å². The van der Waals surface area contributed by atoms with Crippen molar-refractivity contribution in [1.82, 2.24) is 0 Å². The molecule has 0 heterocycles. The van der Waals surface area contributed by atoms with Gasteiger partial charge in [0.2, 0.25) is 0 Å². The van der Waals surface area contributed by atoms with Crippen LogP contribution in [0.5, 0.6) is 0 Å². The molecule has 0 amide bonds. The van der Waals surface area contributed by atoms with Crippen molar-refractivity contribution in [3.63, 3.8) is 0 Å². The molecule has 2 aromatic carbocycles. The van der Waals surface area contributed by atoms with Gasteiger partial charge in [-0.15, -0.1) is 0 Å². The second-order valence-corrected chi connectivity index (χ2v) is 6.75. The highest BCUT2D eigenvalue weighted by molar-refractivity contribution is 9.10. The van der Waals surface area contributed by atoms with Crippen LogP contribution in [0.1, 0.15) is 48.8 Å². The van der Waals surface area contributed by atoms with Crippen molar-refractivity contribution in [2.24, 2.45) is 0 Å². The first kappa shape index (κ1) is 13.8. The molecule has 104 valence electrons. The van der Waals surface area contributed by atoms with Gasteiger partial charge in [-0.3, -0.25) is 0 Å². The summed E-state index contributed by atoms with van der Waals surface area (Å²) in [7, 11) is 0. The molecule has 3 rings (SSSR count).